The van der Waals surface area contributed by atoms with E-state index in [4.69, 9.17) is 19.2 Å². The summed E-state index contributed by atoms with van der Waals surface area (Å²) in [5, 5.41) is 0. The molecule has 4 nitrogen and oxygen atoms in total. The number of unbranched alkanes of at least 4 members (excludes halogenated alkanes) is 22. The second-order valence-corrected chi connectivity index (χ2v) is 14.7. The molecule has 204 valence electrons. The molecule has 0 unspecified atom stereocenters. The van der Waals surface area contributed by atoms with Crippen LogP contribution in [-0.4, -0.2) is 48.5 Å². The molecule has 0 fully saturated rings. The minimum atomic E-state index is -4.64. The predicted molar refractivity (Wildman–Crippen MR) is 152 cm³/mol. The third kappa shape index (κ3) is 46.7. The molecule has 0 spiro atoms. The zero-order valence-corrected chi connectivity index (χ0v) is 26.4. The normalized spacial score (nSPS) is 11.2. The Morgan fingerprint density at radius 1 is 0.412 bits per heavy atom. The van der Waals surface area contributed by atoms with Gasteiger partial charge in [0.2, 0.25) is 0 Å². The molecule has 0 atom stereocenters. The fourth-order valence-corrected chi connectivity index (χ4v) is 7.33. The van der Waals surface area contributed by atoms with Gasteiger partial charge in [0.15, 0.2) is 0 Å². The summed E-state index contributed by atoms with van der Waals surface area (Å²) in [6, 6.07) is 0. The number of hydrogen-bond donors (Lipinski definition) is 3. The summed E-state index contributed by atoms with van der Waals surface area (Å²) < 4.78 is 12.2. The number of rotatable bonds is 26. The second-order valence-electron chi connectivity index (χ2n) is 10.4. The smallest absolute Gasteiger partial charge is 0.303 e. The molecule has 0 aliphatic carbocycles. The van der Waals surface area contributed by atoms with Gasteiger partial charge in [0.25, 0.3) is 0 Å². The summed E-state index contributed by atoms with van der Waals surface area (Å²) in [5.74, 6) is 0. The summed E-state index contributed by atoms with van der Waals surface area (Å²) in [6.07, 6.45) is 35.9. The summed E-state index contributed by atoms with van der Waals surface area (Å²) in [4.78, 5) is 21.6. The molecule has 0 aromatic heterocycles. The quantitative estimate of drug-likeness (QED) is 0.0588. The fourth-order valence-electron chi connectivity index (χ4n) is 4.57. The molecular weight excluding hydrogens is 471 g/mol. The monoisotopic (exact) mass is 532 g/mol. The molecule has 0 aromatic rings. The van der Waals surface area contributed by atoms with Crippen molar-refractivity contribution >= 4 is 41.7 Å². The van der Waals surface area contributed by atoms with E-state index in [1.807, 2.05) is 0 Å². The minimum Gasteiger partial charge on any atom is -0.303 e. The van der Waals surface area contributed by atoms with Gasteiger partial charge in [0.05, 0.1) is 0 Å². The molecule has 34 heavy (non-hydrogen) atoms. The molecule has 0 bridgehead atoms. The molecule has 0 saturated carbocycles. The van der Waals surface area contributed by atoms with Crippen LogP contribution in [0.1, 0.15) is 168 Å². The molecule has 0 amide bonds. The molecule has 0 heterocycles. The average molecular weight is 533 g/mol. The van der Waals surface area contributed by atoms with Crippen molar-refractivity contribution in [3.05, 3.63) is 0 Å². The standard InChI is InChI=1S/2C14H29.Ca.H3O4P/c2*1-3-5-7-9-11-13-14-12-10-8-6-4-2;;1-5(2,3)4/h2*1,3-14H2,2H3;;(H3,1,2,3,4). The van der Waals surface area contributed by atoms with E-state index in [2.05, 4.69) is 13.8 Å². The molecule has 3 N–H and O–H groups in total. The van der Waals surface area contributed by atoms with Gasteiger partial charge >= 0.3 is 188 Å². The molecule has 0 radical (unpaired) electrons. The molecule has 0 aromatic carbocycles. The first-order valence-corrected chi connectivity index (χ1v) is 19.9. The van der Waals surface area contributed by atoms with Crippen molar-refractivity contribution in [1.82, 2.24) is 0 Å². The van der Waals surface area contributed by atoms with E-state index < -0.39 is 7.82 Å². The van der Waals surface area contributed by atoms with Crippen LogP contribution < -0.4 is 0 Å². The van der Waals surface area contributed by atoms with Crippen molar-refractivity contribution in [2.45, 2.75) is 173 Å². The minimum absolute atomic E-state index is 0.125. The van der Waals surface area contributed by atoms with E-state index in [1.54, 1.807) is 30.7 Å². The molecule has 0 aliphatic heterocycles. The van der Waals surface area contributed by atoms with Crippen molar-refractivity contribution in [3.63, 3.8) is 0 Å². The number of hydrogen-bond acceptors (Lipinski definition) is 1. The molecule has 0 aliphatic rings. The topological polar surface area (TPSA) is 77.8 Å². The third-order valence-corrected chi connectivity index (χ3v) is 9.83. The van der Waals surface area contributed by atoms with E-state index in [1.165, 1.54) is 128 Å². The first-order chi connectivity index (χ1) is 16.4. The molecule has 6 heteroatoms. The van der Waals surface area contributed by atoms with E-state index in [9.17, 15) is 0 Å². The molecule has 0 rings (SSSR count). The number of phosphoric acid groups is 1. The molecule has 0 saturated heterocycles. The second kappa shape index (κ2) is 32.4. The van der Waals surface area contributed by atoms with Gasteiger partial charge in [-0.3, -0.25) is 0 Å². The summed E-state index contributed by atoms with van der Waals surface area (Å²) >= 11 is -0.125. The van der Waals surface area contributed by atoms with Gasteiger partial charge in [-0.25, -0.2) is 4.57 Å². The zero-order chi connectivity index (χ0) is 25.6. The van der Waals surface area contributed by atoms with Crippen molar-refractivity contribution in [1.29, 1.82) is 0 Å². The van der Waals surface area contributed by atoms with Crippen LogP contribution in [0, 0.1) is 0 Å². The van der Waals surface area contributed by atoms with E-state index in [0.29, 0.717) is 0 Å². The summed E-state index contributed by atoms with van der Waals surface area (Å²) in [6.45, 7) is 4.62. The predicted octanol–water partition coefficient (Wildman–Crippen LogP) is 10.0. The average Bonchev–Trinajstić information content (AvgIpc) is 2.78. The van der Waals surface area contributed by atoms with Crippen LogP contribution >= 0.6 is 7.82 Å². The fraction of sp³-hybridized carbons (Fsp3) is 1.00. The Kier molecular flexibility index (Phi) is 35.8. The van der Waals surface area contributed by atoms with Crippen LogP contribution in [0.25, 0.3) is 0 Å². The van der Waals surface area contributed by atoms with Crippen LogP contribution in [0.5, 0.6) is 0 Å². The zero-order valence-electron chi connectivity index (χ0n) is 23.3. The Morgan fingerprint density at radius 2 is 0.588 bits per heavy atom. The summed E-state index contributed by atoms with van der Waals surface area (Å²) in [7, 11) is -4.64. The van der Waals surface area contributed by atoms with Crippen LogP contribution in [0.2, 0.25) is 5.04 Å². The Labute approximate surface area is 232 Å². The van der Waals surface area contributed by atoms with Crippen LogP contribution in [0.4, 0.5) is 0 Å². The first kappa shape index (κ1) is 37.5. The van der Waals surface area contributed by atoms with Crippen molar-refractivity contribution in [2.24, 2.45) is 0 Å². The maximum absolute atomic E-state index is 8.88. The van der Waals surface area contributed by atoms with E-state index >= 15 is 0 Å². The van der Waals surface area contributed by atoms with Gasteiger partial charge in [-0.2, -0.15) is 0 Å². The van der Waals surface area contributed by atoms with Crippen molar-refractivity contribution in [2.75, 3.05) is 0 Å². The Bertz CT molecular complexity index is 370. The van der Waals surface area contributed by atoms with Gasteiger partial charge in [-0.05, 0) is 0 Å². The van der Waals surface area contributed by atoms with Gasteiger partial charge in [-0.1, -0.05) is 26.7 Å². The third-order valence-electron chi connectivity index (χ3n) is 6.71. The van der Waals surface area contributed by atoms with Crippen molar-refractivity contribution < 1.29 is 19.2 Å². The van der Waals surface area contributed by atoms with E-state index in [-0.39, 0.29) is 33.8 Å². The van der Waals surface area contributed by atoms with Gasteiger partial charge in [0.1, 0.15) is 0 Å². The SMILES string of the molecule is CCCCCCCCCCCCC[CH2][Ca][CH2]CCCCCCCCCCCCC.O=P(O)(O)O. The van der Waals surface area contributed by atoms with Gasteiger partial charge in [0, 0.05) is 0 Å². The Morgan fingerprint density at radius 3 is 0.794 bits per heavy atom. The Hall–Kier alpha value is 1.37. The van der Waals surface area contributed by atoms with Gasteiger partial charge < -0.3 is 14.7 Å². The van der Waals surface area contributed by atoms with E-state index in [0.717, 1.165) is 0 Å². The maximum atomic E-state index is 8.88. The van der Waals surface area contributed by atoms with Crippen LogP contribution in [0.15, 0.2) is 0 Å². The van der Waals surface area contributed by atoms with Gasteiger partial charge in [-0.15, -0.1) is 0 Å². The molecular formula is C28H61CaO4P. The first-order valence-electron chi connectivity index (χ1n) is 15.2. The van der Waals surface area contributed by atoms with Crippen LogP contribution in [-0.2, 0) is 4.57 Å². The van der Waals surface area contributed by atoms with Crippen LogP contribution in [0.3, 0.4) is 0 Å². The van der Waals surface area contributed by atoms with Crippen molar-refractivity contribution in [3.8, 4) is 0 Å². The summed E-state index contributed by atoms with van der Waals surface area (Å²) in [5.41, 5.74) is 0. The Balaban J connectivity index is 0.